The van der Waals surface area contributed by atoms with Crippen molar-refractivity contribution in [1.82, 2.24) is 15.5 Å². The van der Waals surface area contributed by atoms with Crippen LogP contribution in [0.15, 0.2) is 21.8 Å². The van der Waals surface area contributed by atoms with Crippen molar-refractivity contribution in [3.05, 3.63) is 22.4 Å². The molecule has 0 aliphatic carbocycles. The topological polar surface area (TPSA) is 39.7 Å². The minimum atomic E-state index is 0. The molecule has 2 unspecified atom stereocenters. The van der Waals surface area contributed by atoms with Gasteiger partial charge >= 0.3 is 0 Å². The van der Waals surface area contributed by atoms with Crippen molar-refractivity contribution in [2.75, 3.05) is 26.7 Å². The van der Waals surface area contributed by atoms with Crippen LogP contribution in [-0.2, 0) is 6.54 Å². The minimum Gasteiger partial charge on any atom is -0.355 e. The van der Waals surface area contributed by atoms with Gasteiger partial charge in [0.1, 0.15) is 0 Å². The highest BCUT2D eigenvalue weighted by Crippen LogP contribution is 2.17. The fourth-order valence-corrected chi connectivity index (χ4v) is 3.47. The maximum absolute atomic E-state index is 4.30. The van der Waals surface area contributed by atoms with Crippen LogP contribution < -0.4 is 10.6 Å². The Labute approximate surface area is 155 Å². The van der Waals surface area contributed by atoms with Crippen molar-refractivity contribution in [3.8, 4) is 0 Å². The van der Waals surface area contributed by atoms with Gasteiger partial charge in [-0.25, -0.2) is 0 Å². The van der Waals surface area contributed by atoms with Crippen LogP contribution in [0.5, 0.6) is 0 Å². The minimum absolute atomic E-state index is 0. The second-order valence-corrected chi connectivity index (χ2v) is 6.81. The Hall–Kier alpha value is -0.340. The molecule has 0 radical (unpaired) electrons. The van der Waals surface area contributed by atoms with E-state index in [1.165, 1.54) is 31.5 Å². The summed E-state index contributed by atoms with van der Waals surface area (Å²) in [4.78, 5) is 6.89. The van der Waals surface area contributed by atoms with Crippen LogP contribution in [0.1, 0.15) is 32.3 Å². The number of hydrogen-bond acceptors (Lipinski definition) is 3. The Kier molecular flexibility index (Phi) is 9.35. The molecule has 22 heavy (non-hydrogen) atoms. The molecule has 1 aliphatic heterocycles. The number of rotatable bonds is 5. The maximum atomic E-state index is 4.30. The van der Waals surface area contributed by atoms with Gasteiger partial charge in [-0.05, 0) is 54.6 Å². The molecule has 1 aliphatic rings. The number of halogens is 1. The molecule has 1 aromatic rings. The molecule has 1 fully saturated rings. The Morgan fingerprint density at radius 1 is 1.50 bits per heavy atom. The second kappa shape index (κ2) is 10.4. The molecule has 0 bridgehead atoms. The van der Waals surface area contributed by atoms with Crippen molar-refractivity contribution >= 4 is 41.3 Å². The Morgan fingerprint density at radius 2 is 2.32 bits per heavy atom. The Balaban J connectivity index is 0.00000242. The molecule has 1 saturated heterocycles. The highest BCUT2D eigenvalue weighted by atomic mass is 127. The number of guanidine groups is 1. The number of hydrogen-bond donors (Lipinski definition) is 2. The van der Waals surface area contributed by atoms with E-state index < -0.39 is 0 Å². The third-order valence-electron chi connectivity index (χ3n) is 4.14. The molecule has 0 amide bonds. The predicted molar refractivity (Wildman–Crippen MR) is 107 cm³/mol. The number of thiophene rings is 1. The summed E-state index contributed by atoms with van der Waals surface area (Å²) in [6, 6.07) is 2.69. The van der Waals surface area contributed by atoms with Crippen LogP contribution in [0.4, 0.5) is 0 Å². The van der Waals surface area contributed by atoms with Crippen LogP contribution in [0.25, 0.3) is 0 Å². The molecule has 2 atom stereocenters. The van der Waals surface area contributed by atoms with Crippen molar-refractivity contribution in [1.29, 1.82) is 0 Å². The first-order valence-corrected chi connectivity index (χ1v) is 8.83. The van der Waals surface area contributed by atoms with E-state index in [1.54, 1.807) is 11.3 Å². The van der Waals surface area contributed by atoms with Gasteiger partial charge in [0.05, 0.1) is 0 Å². The number of likely N-dealkylation sites (tertiary alicyclic amines) is 1. The van der Waals surface area contributed by atoms with Gasteiger partial charge in [0.25, 0.3) is 0 Å². The Morgan fingerprint density at radius 3 is 2.95 bits per heavy atom. The van der Waals surface area contributed by atoms with E-state index in [9.17, 15) is 0 Å². The average molecular weight is 436 g/mol. The maximum Gasteiger partial charge on any atom is 0.191 e. The van der Waals surface area contributed by atoms with E-state index in [1.807, 2.05) is 7.05 Å². The first-order valence-electron chi connectivity index (χ1n) is 7.88. The second-order valence-electron chi connectivity index (χ2n) is 6.03. The van der Waals surface area contributed by atoms with E-state index >= 15 is 0 Å². The molecule has 0 spiro atoms. The fraction of sp³-hybridized carbons (Fsp3) is 0.688. The number of nitrogens with zero attached hydrogens (tertiary/aromatic N) is 2. The lowest BCUT2D eigenvalue weighted by Crippen LogP contribution is -2.48. The third kappa shape index (κ3) is 6.42. The first kappa shape index (κ1) is 19.7. The summed E-state index contributed by atoms with van der Waals surface area (Å²) < 4.78 is 0. The molecule has 2 N–H and O–H groups in total. The lowest BCUT2D eigenvalue weighted by atomic mass is 9.99. The molecule has 0 saturated carbocycles. The predicted octanol–water partition coefficient (Wildman–Crippen LogP) is 3.15. The molecule has 4 nitrogen and oxygen atoms in total. The number of nitrogens with one attached hydrogen (secondary N) is 2. The van der Waals surface area contributed by atoms with Crippen molar-refractivity contribution in [2.45, 2.75) is 39.3 Å². The fourth-order valence-electron chi connectivity index (χ4n) is 2.80. The van der Waals surface area contributed by atoms with E-state index in [0.29, 0.717) is 6.04 Å². The third-order valence-corrected chi connectivity index (χ3v) is 4.87. The summed E-state index contributed by atoms with van der Waals surface area (Å²) in [5.41, 5.74) is 1.31. The number of piperidine rings is 1. The molecule has 126 valence electrons. The lowest BCUT2D eigenvalue weighted by molar-refractivity contribution is 0.139. The van der Waals surface area contributed by atoms with Gasteiger partial charge in [-0.2, -0.15) is 11.3 Å². The molecular weight excluding hydrogens is 407 g/mol. The molecule has 1 aromatic heterocycles. The van der Waals surface area contributed by atoms with Gasteiger partial charge in [-0.15, -0.1) is 24.0 Å². The highest BCUT2D eigenvalue weighted by molar-refractivity contribution is 14.0. The van der Waals surface area contributed by atoms with Crippen LogP contribution in [-0.4, -0.2) is 43.6 Å². The van der Waals surface area contributed by atoms with Gasteiger partial charge in [0.15, 0.2) is 5.96 Å². The zero-order chi connectivity index (χ0) is 15.1. The standard InChI is InChI=1S/C16H28N4S.HI/c1-13-5-4-7-20(11-13)14(2)9-18-16(17-3)19-10-15-6-8-21-12-15;/h6,8,12-14H,4-5,7,9-11H2,1-3H3,(H2,17,18,19);1H. The zero-order valence-electron chi connectivity index (χ0n) is 13.8. The van der Waals surface area contributed by atoms with Gasteiger partial charge in [-0.3, -0.25) is 9.89 Å². The normalized spacial score (nSPS) is 21.0. The van der Waals surface area contributed by atoms with Crippen molar-refractivity contribution in [2.24, 2.45) is 10.9 Å². The van der Waals surface area contributed by atoms with Crippen LogP contribution in [0.2, 0.25) is 0 Å². The van der Waals surface area contributed by atoms with E-state index in [0.717, 1.165) is 25.0 Å². The SMILES string of the molecule is CN=C(NCc1ccsc1)NCC(C)N1CCCC(C)C1.I. The summed E-state index contributed by atoms with van der Waals surface area (Å²) in [6.07, 6.45) is 2.71. The van der Waals surface area contributed by atoms with E-state index in [4.69, 9.17) is 0 Å². The average Bonchev–Trinajstić information content (AvgIpc) is 3.00. The van der Waals surface area contributed by atoms with Crippen LogP contribution >= 0.6 is 35.3 Å². The summed E-state index contributed by atoms with van der Waals surface area (Å²) in [6.45, 7) is 8.89. The summed E-state index contributed by atoms with van der Waals surface area (Å²) in [5.74, 6) is 1.72. The molecule has 2 heterocycles. The van der Waals surface area contributed by atoms with Gasteiger partial charge in [0.2, 0.25) is 0 Å². The van der Waals surface area contributed by atoms with Gasteiger partial charge in [-0.1, -0.05) is 6.92 Å². The van der Waals surface area contributed by atoms with Crippen molar-refractivity contribution in [3.63, 3.8) is 0 Å². The van der Waals surface area contributed by atoms with Crippen molar-refractivity contribution < 1.29 is 0 Å². The Bertz CT molecular complexity index is 435. The molecular formula is C16H29IN4S. The largest absolute Gasteiger partial charge is 0.355 e. The smallest absolute Gasteiger partial charge is 0.191 e. The van der Waals surface area contributed by atoms with E-state index in [-0.39, 0.29) is 24.0 Å². The van der Waals surface area contributed by atoms with Crippen LogP contribution in [0, 0.1) is 5.92 Å². The zero-order valence-corrected chi connectivity index (χ0v) is 17.0. The van der Waals surface area contributed by atoms with Gasteiger partial charge in [0, 0.05) is 32.7 Å². The lowest BCUT2D eigenvalue weighted by Gasteiger charge is -2.35. The number of aliphatic imine (C=N–C) groups is 1. The highest BCUT2D eigenvalue weighted by Gasteiger charge is 2.20. The monoisotopic (exact) mass is 436 g/mol. The van der Waals surface area contributed by atoms with Crippen LogP contribution in [0.3, 0.4) is 0 Å². The molecule has 2 rings (SSSR count). The molecule has 6 heteroatoms. The quantitative estimate of drug-likeness (QED) is 0.423. The summed E-state index contributed by atoms with van der Waals surface area (Å²) in [7, 11) is 1.83. The molecule has 0 aromatic carbocycles. The van der Waals surface area contributed by atoms with Gasteiger partial charge < -0.3 is 10.6 Å². The first-order chi connectivity index (χ1) is 10.2. The summed E-state index contributed by atoms with van der Waals surface area (Å²) >= 11 is 1.73. The summed E-state index contributed by atoms with van der Waals surface area (Å²) in [5, 5.41) is 11.1. The van der Waals surface area contributed by atoms with E-state index in [2.05, 4.69) is 51.2 Å².